The Balaban J connectivity index is 1.67. The molecule has 0 aromatic carbocycles. The third-order valence-electron chi connectivity index (χ3n) is 3.95. The molecule has 2 aromatic rings. The fraction of sp³-hybridized carbons (Fsp3) is 0.500. The number of hydrogen-bond acceptors (Lipinski definition) is 4. The van der Waals surface area contributed by atoms with Crippen LogP contribution >= 0.6 is 0 Å². The van der Waals surface area contributed by atoms with Crippen molar-refractivity contribution in [3.8, 4) is 0 Å². The monoisotopic (exact) mass is 288 g/mol. The molecular formula is C14H20N6O. The van der Waals surface area contributed by atoms with Crippen molar-refractivity contribution in [1.82, 2.24) is 24.5 Å². The summed E-state index contributed by atoms with van der Waals surface area (Å²) in [5.41, 5.74) is 3.20. The topological polar surface area (TPSA) is 59.2 Å². The number of carbonyl (C=O) groups is 1. The third kappa shape index (κ3) is 2.69. The molecule has 1 amide bonds. The van der Waals surface area contributed by atoms with Crippen LogP contribution < -0.4 is 4.90 Å². The maximum atomic E-state index is 12.3. The van der Waals surface area contributed by atoms with E-state index in [1.165, 1.54) is 5.56 Å². The molecule has 0 unspecified atom stereocenters. The van der Waals surface area contributed by atoms with Gasteiger partial charge in [0.05, 0.1) is 30.3 Å². The van der Waals surface area contributed by atoms with Crippen molar-refractivity contribution < 1.29 is 4.79 Å². The van der Waals surface area contributed by atoms with Gasteiger partial charge >= 0.3 is 0 Å². The van der Waals surface area contributed by atoms with Gasteiger partial charge in [0.15, 0.2) is 0 Å². The van der Waals surface area contributed by atoms with Crippen molar-refractivity contribution >= 4 is 11.6 Å². The molecule has 1 aliphatic heterocycles. The molecule has 0 aliphatic carbocycles. The van der Waals surface area contributed by atoms with E-state index in [1.54, 1.807) is 15.8 Å². The Morgan fingerprint density at radius 1 is 1.19 bits per heavy atom. The van der Waals surface area contributed by atoms with E-state index in [0.717, 1.165) is 24.5 Å². The molecule has 1 saturated heterocycles. The van der Waals surface area contributed by atoms with Gasteiger partial charge in [-0.25, -0.2) is 0 Å². The van der Waals surface area contributed by atoms with Crippen molar-refractivity contribution in [3.05, 3.63) is 29.8 Å². The molecule has 2 aromatic heterocycles. The van der Waals surface area contributed by atoms with Crippen LogP contribution in [0.4, 0.5) is 5.69 Å². The average molecular weight is 288 g/mol. The van der Waals surface area contributed by atoms with Crippen molar-refractivity contribution in [2.75, 3.05) is 24.5 Å². The van der Waals surface area contributed by atoms with E-state index >= 15 is 0 Å². The van der Waals surface area contributed by atoms with Crippen LogP contribution in [0.1, 0.15) is 11.3 Å². The minimum atomic E-state index is 0.120. The van der Waals surface area contributed by atoms with Crippen LogP contribution in [0.5, 0.6) is 0 Å². The number of aryl methyl sites for hydroxylation is 3. The van der Waals surface area contributed by atoms with Crippen LogP contribution in [0.25, 0.3) is 0 Å². The largest absolute Gasteiger partial charge is 0.307 e. The second-order valence-electron chi connectivity index (χ2n) is 5.53. The molecule has 0 atom stereocenters. The fourth-order valence-corrected chi connectivity index (χ4v) is 2.69. The molecule has 1 fully saturated rings. The molecule has 1 aliphatic rings. The zero-order chi connectivity index (χ0) is 15.0. The second kappa shape index (κ2) is 5.33. The zero-order valence-electron chi connectivity index (χ0n) is 12.7. The van der Waals surface area contributed by atoms with Crippen molar-refractivity contribution in [3.63, 3.8) is 0 Å². The summed E-state index contributed by atoms with van der Waals surface area (Å²) in [5.74, 6) is 0.120. The van der Waals surface area contributed by atoms with Gasteiger partial charge in [0.2, 0.25) is 5.91 Å². The number of anilines is 1. The van der Waals surface area contributed by atoms with E-state index in [0.29, 0.717) is 13.1 Å². The summed E-state index contributed by atoms with van der Waals surface area (Å²) in [5, 5.41) is 8.38. The van der Waals surface area contributed by atoms with Crippen LogP contribution in [0.15, 0.2) is 18.6 Å². The molecule has 0 saturated carbocycles. The first-order valence-corrected chi connectivity index (χ1v) is 7.03. The number of carbonyl (C=O) groups excluding carboxylic acids is 1. The van der Waals surface area contributed by atoms with E-state index in [-0.39, 0.29) is 5.91 Å². The third-order valence-corrected chi connectivity index (χ3v) is 3.95. The molecule has 3 rings (SSSR count). The highest BCUT2D eigenvalue weighted by molar-refractivity contribution is 5.95. The number of piperazine rings is 1. The lowest BCUT2D eigenvalue weighted by atomic mass is 10.2. The first-order chi connectivity index (χ1) is 10.0. The van der Waals surface area contributed by atoms with E-state index in [1.807, 2.05) is 31.2 Å². The molecule has 0 radical (unpaired) electrons. The second-order valence-corrected chi connectivity index (χ2v) is 5.53. The summed E-state index contributed by atoms with van der Waals surface area (Å²) < 4.78 is 3.60. The van der Waals surface area contributed by atoms with Crippen molar-refractivity contribution in [2.45, 2.75) is 13.5 Å². The molecule has 112 valence electrons. The lowest BCUT2D eigenvalue weighted by molar-refractivity contribution is -0.121. The van der Waals surface area contributed by atoms with Crippen LogP contribution in [-0.2, 0) is 25.4 Å². The SMILES string of the molecule is Cc1cnn(C)c1CN1CCN(c2cnn(C)c2)C(=O)C1. The van der Waals surface area contributed by atoms with E-state index in [2.05, 4.69) is 22.0 Å². The lowest BCUT2D eigenvalue weighted by Crippen LogP contribution is -2.50. The van der Waals surface area contributed by atoms with E-state index in [9.17, 15) is 4.79 Å². The number of aromatic nitrogens is 4. The maximum absolute atomic E-state index is 12.3. The highest BCUT2D eigenvalue weighted by Gasteiger charge is 2.26. The predicted molar refractivity (Wildman–Crippen MR) is 78.8 cm³/mol. The molecule has 21 heavy (non-hydrogen) atoms. The molecule has 7 nitrogen and oxygen atoms in total. The van der Waals surface area contributed by atoms with Crippen molar-refractivity contribution in [2.24, 2.45) is 14.1 Å². The summed E-state index contributed by atoms with van der Waals surface area (Å²) in [7, 11) is 3.80. The summed E-state index contributed by atoms with van der Waals surface area (Å²) in [4.78, 5) is 16.3. The maximum Gasteiger partial charge on any atom is 0.241 e. The van der Waals surface area contributed by atoms with Gasteiger partial charge in [0, 0.05) is 39.9 Å². The minimum absolute atomic E-state index is 0.120. The fourth-order valence-electron chi connectivity index (χ4n) is 2.69. The van der Waals surface area contributed by atoms with Gasteiger partial charge in [-0.1, -0.05) is 0 Å². The average Bonchev–Trinajstić information content (AvgIpc) is 3.00. The minimum Gasteiger partial charge on any atom is -0.307 e. The normalized spacial score (nSPS) is 16.7. The first kappa shape index (κ1) is 13.8. The quantitative estimate of drug-likeness (QED) is 0.815. The molecule has 0 spiro atoms. The van der Waals surface area contributed by atoms with Crippen LogP contribution in [0.2, 0.25) is 0 Å². The number of hydrogen-bond donors (Lipinski definition) is 0. The van der Waals surface area contributed by atoms with Crippen LogP contribution in [-0.4, -0.2) is 50.0 Å². The number of nitrogens with zero attached hydrogens (tertiary/aromatic N) is 6. The standard InChI is InChI=1S/C14H20N6O/c1-11-6-16-18(3)13(11)9-19-4-5-20(14(21)10-19)12-7-15-17(2)8-12/h6-8H,4-5,9-10H2,1-3H3. The highest BCUT2D eigenvalue weighted by atomic mass is 16.2. The molecule has 0 N–H and O–H groups in total. The van der Waals surface area contributed by atoms with Gasteiger partial charge in [0.25, 0.3) is 0 Å². The predicted octanol–water partition coefficient (Wildman–Crippen LogP) is 0.311. The zero-order valence-corrected chi connectivity index (χ0v) is 12.7. The van der Waals surface area contributed by atoms with E-state index < -0.39 is 0 Å². The summed E-state index contributed by atoms with van der Waals surface area (Å²) >= 11 is 0. The Morgan fingerprint density at radius 3 is 2.57 bits per heavy atom. The number of amides is 1. The Kier molecular flexibility index (Phi) is 3.50. The Labute approximate surface area is 123 Å². The smallest absolute Gasteiger partial charge is 0.241 e. The summed E-state index contributed by atoms with van der Waals surface area (Å²) in [6.07, 6.45) is 5.47. The Bertz CT molecular complexity index is 639. The number of rotatable bonds is 3. The van der Waals surface area contributed by atoms with Gasteiger partial charge in [-0.15, -0.1) is 0 Å². The van der Waals surface area contributed by atoms with Crippen LogP contribution in [0, 0.1) is 6.92 Å². The molecular weight excluding hydrogens is 268 g/mol. The summed E-state index contributed by atoms with van der Waals surface area (Å²) in [6.45, 7) is 4.79. The van der Waals surface area contributed by atoms with Crippen LogP contribution in [0.3, 0.4) is 0 Å². The lowest BCUT2D eigenvalue weighted by Gasteiger charge is -2.33. The molecule has 7 heteroatoms. The van der Waals surface area contributed by atoms with Gasteiger partial charge in [0.1, 0.15) is 0 Å². The first-order valence-electron chi connectivity index (χ1n) is 7.03. The van der Waals surface area contributed by atoms with Gasteiger partial charge in [-0.05, 0) is 12.5 Å². The highest BCUT2D eigenvalue weighted by Crippen LogP contribution is 2.18. The van der Waals surface area contributed by atoms with E-state index in [4.69, 9.17) is 0 Å². The Hall–Kier alpha value is -2.15. The molecule has 3 heterocycles. The van der Waals surface area contributed by atoms with Gasteiger partial charge in [-0.3, -0.25) is 19.1 Å². The van der Waals surface area contributed by atoms with Crippen molar-refractivity contribution in [1.29, 1.82) is 0 Å². The van der Waals surface area contributed by atoms with Gasteiger partial charge in [-0.2, -0.15) is 10.2 Å². The van der Waals surface area contributed by atoms with Gasteiger partial charge < -0.3 is 4.90 Å². The Morgan fingerprint density at radius 2 is 2.00 bits per heavy atom. The molecule has 0 bridgehead atoms. The summed E-state index contributed by atoms with van der Waals surface area (Å²) in [6, 6.07) is 0.